The van der Waals surface area contributed by atoms with Gasteiger partial charge in [0.05, 0.1) is 6.04 Å². The van der Waals surface area contributed by atoms with Crippen LogP contribution in [0.4, 0.5) is 4.39 Å². The summed E-state index contributed by atoms with van der Waals surface area (Å²) in [5.41, 5.74) is 4.07. The summed E-state index contributed by atoms with van der Waals surface area (Å²) in [7, 11) is 0. The molecule has 0 aliphatic rings. The molecule has 0 amide bonds. The van der Waals surface area contributed by atoms with Gasteiger partial charge in [-0.2, -0.15) is 0 Å². The highest BCUT2D eigenvalue weighted by atomic mass is 35.5. The van der Waals surface area contributed by atoms with E-state index < -0.39 is 0 Å². The minimum atomic E-state index is -0.347. The molecule has 1 atom stereocenters. The number of hydrogen-bond donors (Lipinski definition) is 2. The van der Waals surface area contributed by atoms with Crippen LogP contribution < -0.4 is 11.3 Å². The summed E-state index contributed by atoms with van der Waals surface area (Å²) >= 11 is 11.7. The van der Waals surface area contributed by atoms with Crippen molar-refractivity contribution in [3.8, 4) is 0 Å². The molecule has 2 aromatic carbocycles. The van der Waals surface area contributed by atoms with Gasteiger partial charge in [0, 0.05) is 15.6 Å². The summed E-state index contributed by atoms with van der Waals surface area (Å²) in [5.74, 6) is 5.18. The molecule has 0 saturated heterocycles. The van der Waals surface area contributed by atoms with Gasteiger partial charge in [-0.3, -0.25) is 11.3 Å². The lowest BCUT2D eigenvalue weighted by atomic mass is 9.99. The minimum Gasteiger partial charge on any atom is -0.271 e. The Balaban J connectivity index is 2.24. The number of nitrogens with two attached hydrogens (primary N) is 1. The summed E-state index contributed by atoms with van der Waals surface area (Å²) in [4.78, 5) is 0. The molecule has 1 unspecified atom stereocenters. The molecule has 0 heterocycles. The van der Waals surface area contributed by atoms with E-state index in [4.69, 9.17) is 29.0 Å². The summed E-state index contributed by atoms with van der Waals surface area (Å²) in [6.07, 6.45) is 0.547. The van der Waals surface area contributed by atoms with Crippen LogP contribution in [0.15, 0.2) is 42.5 Å². The van der Waals surface area contributed by atoms with Crippen molar-refractivity contribution >= 4 is 23.2 Å². The first-order valence-corrected chi connectivity index (χ1v) is 6.51. The van der Waals surface area contributed by atoms with Gasteiger partial charge in [0.2, 0.25) is 0 Å². The van der Waals surface area contributed by atoms with Crippen LogP contribution in [0.2, 0.25) is 10.0 Å². The number of rotatable bonds is 4. The molecule has 0 radical (unpaired) electrons. The number of nitrogens with one attached hydrogen (secondary N) is 1. The van der Waals surface area contributed by atoms with Crippen molar-refractivity contribution < 1.29 is 4.39 Å². The maximum atomic E-state index is 13.8. The van der Waals surface area contributed by atoms with Gasteiger partial charge in [-0.15, -0.1) is 0 Å². The molecule has 0 saturated carbocycles. The van der Waals surface area contributed by atoms with Crippen molar-refractivity contribution in [3.05, 3.63) is 69.5 Å². The zero-order valence-corrected chi connectivity index (χ0v) is 11.5. The molecule has 0 aromatic heterocycles. The lowest BCUT2D eigenvalue weighted by molar-refractivity contribution is 0.510. The minimum absolute atomic E-state index is 0.332. The molecule has 0 bridgehead atoms. The predicted octanol–water partition coefficient (Wildman–Crippen LogP) is 3.88. The van der Waals surface area contributed by atoms with Crippen LogP contribution in [0.25, 0.3) is 0 Å². The summed E-state index contributed by atoms with van der Waals surface area (Å²) in [6, 6.07) is 11.4. The van der Waals surface area contributed by atoms with E-state index in [2.05, 4.69) is 5.43 Å². The van der Waals surface area contributed by atoms with E-state index in [9.17, 15) is 4.39 Å². The Kier molecular flexibility index (Phi) is 4.77. The van der Waals surface area contributed by atoms with Crippen LogP contribution in [0.5, 0.6) is 0 Å². The van der Waals surface area contributed by atoms with Crippen molar-refractivity contribution in [2.75, 3.05) is 0 Å². The van der Waals surface area contributed by atoms with Crippen LogP contribution >= 0.6 is 23.2 Å². The number of benzene rings is 2. The van der Waals surface area contributed by atoms with E-state index in [0.717, 1.165) is 5.56 Å². The molecule has 0 aliphatic carbocycles. The molecule has 100 valence electrons. The fourth-order valence-corrected chi connectivity index (χ4v) is 2.20. The van der Waals surface area contributed by atoms with Gasteiger partial charge in [-0.25, -0.2) is 4.39 Å². The molecule has 0 fully saturated rings. The third kappa shape index (κ3) is 3.67. The van der Waals surface area contributed by atoms with E-state index in [1.165, 1.54) is 12.1 Å². The quantitative estimate of drug-likeness (QED) is 0.664. The van der Waals surface area contributed by atoms with Crippen LogP contribution in [-0.2, 0) is 6.42 Å². The second-order valence-electron chi connectivity index (χ2n) is 4.22. The van der Waals surface area contributed by atoms with Crippen LogP contribution in [0, 0.1) is 5.82 Å². The fraction of sp³-hybridized carbons (Fsp3) is 0.143. The molecule has 2 rings (SSSR count). The van der Waals surface area contributed by atoms with Crippen LogP contribution in [0.3, 0.4) is 0 Å². The molecular formula is C14H13Cl2FN2. The molecule has 0 spiro atoms. The van der Waals surface area contributed by atoms with Gasteiger partial charge in [0.1, 0.15) is 5.82 Å². The Morgan fingerprint density at radius 1 is 1.05 bits per heavy atom. The standard InChI is InChI=1S/C14H13Cl2FN2/c15-10-3-1-9(2-4-10)7-14(19-18)12-8-11(16)5-6-13(12)17/h1-6,8,14,19H,7,18H2. The molecule has 2 aromatic rings. The van der Waals surface area contributed by atoms with Gasteiger partial charge < -0.3 is 0 Å². The maximum Gasteiger partial charge on any atom is 0.128 e. The summed E-state index contributed by atoms with van der Waals surface area (Å²) in [5, 5.41) is 1.14. The third-order valence-electron chi connectivity index (χ3n) is 2.89. The lowest BCUT2D eigenvalue weighted by Crippen LogP contribution is -2.30. The monoisotopic (exact) mass is 298 g/mol. The van der Waals surface area contributed by atoms with E-state index in [1.54, 1.807) is 18.2 Å². The summed E-state index contributed by atoms with van der Waals surface area (Å²) < 4.78 is 13.8. The van der Waals surface area contributed by atoms with Gasteiger partial charge in [-0.05, 0) is 42.3 Å². The molecule has 19 heavy (non-hydrogen) atoms. The Bertz CT molecular complexity index is 558. The molecule has 2 nitrogen and oxygen atoms in total. The highest BCUT2D eigenvalue weighted by Crippen LogP contribution is 2.24. The summed E-state index contributed by atoms with van der Waals surface area (Å²) in [6.45, 7) is 0. The highest BCUT2D eigenvalue weighted by molar-refractivity contribution is 6.30. The molecular weight excluding hydrogens is 286 g/mol. The normalized spacial score (nSPS) is 12.4. The van der Waals surface area contributed by atoms with Crippen LogP contribution in [0.1, 0.15) is 17.2 Å². The van der Waals surface area contributed by atoms with E-state index in [1.807, 2.05) is 12.1 Å². The van der Waals surface area contributed by atoms with Crippen molar-refractivity contribution in [2.45, 2.75) is 12.5 Å². The van der Waals surface area contributed by atoms with Gasteiger partial charge in [0.25, 0.3) is 0 Å². The van der Waals surface area contributed by atoms with Crippen molar-refractivity contribution in [1.29, 1.82) is 0 Å². The second kappa shape index (κ2) is 6.35. The van der Waals surface area contributed by atoms with Crippen molar-refractivity contribution in [1.82, 2.24) is 5.43 Å². The zero-order chi connectivity index (χ0) is 13.8. The van der Waals surface area contributed by atoms with E-state index in [-0.39, 0.29) is 11.9 Å². The number of hydrazine groups is 1. The van der Waals surface area contributed by atoms with Crippen molar-refractivity contribution in [2.24, 2.45) is 5.84 Å². The SMILES string of the molecule is NNC(Cc1ccc(Cl)cc1)c1cc(Cl)ccc1F. The fourth-order valence-electron chi connectivity index (χ4n) is 1.90. The van der Waals surface area contributed by atoms with Crippen molar-refractivity contribution in [3.63, 3.8) is 0 Å². The highest BCUT2D eigenvalue weighted by Gasteiger charge is 2.15. The van der Waals surface area contributed by atoms with Gasteiger partial charge in [0.15, 0.2) is 0 Å². The van der Waals surface area contributed by atoms with Gasteiger partial charge >= 0.3 is 0 Å². The maximum absolute atomic E-state index is 13.8. The number of hydrogen-bond acceptors (Lipinski definition) is 2. The average Bonchev–Trinajstić information content (AvgIpc) is 2.41. The smallest absolute Gasteiger partial charge is 0.128 e. The van der Waals surface area contributed by atoms with E-state index in [0.29, 0.717) is 22.0 Å². The lowest BCUT2D eigenvalue weighted by Gasteiger charge is -2.17. The average molecular weight is 299 g/mol. The Morgan fingerprint density at radius 2 is 1.68 bits per heavy atom. The second-order valence-corrected chi connectivity index (χ2v) is 5.09. The number of halogens is 3. The topological polar surface area (TPSA) is 38.0 Å². The predicted molar refractivity (Wildman–Crippen MR) is 76.6 cm³/mol. The molecule has 0 aliphatic heterocycles. The zero-order valence-electron chi connectivity index (χ0n) is 10.0. The first-order valence-electron chi connectivity index (χ1n) is 5.75. The Morgan fingerprint density at radius 3 is 2.32 bits per heavy atom. The largest absolute Gasteiger partial charge is 0.271 e. The Labute approximate surface area is 121 Å². The first kappa shape index (κ1) is 14.3. The third-order valence-corrected chi connectivity index (χ3v) is 3.37. The van der Waals surface area contributed by atoms with Crippen LogP contribution in [-0.4, -0.2) is 0 Å². The molecule has 5 heteroatoms. The Hall–Kier alpha value is -1.13. The first-order chi connectivity index (χ1) is 9.10. The van der Waals surface area contributed by atoms with Gasteiger partial charge in [-0.1, -0.05) is 35.3 Å². The van der Waals surface area contributed by atoms with E-state index >= 15 is 0 Å². The molecule has 3 N–H and O–H groups in total.